The van der Waals surface area contributed by atoms with Gasteiger partial charge >= 0.3 is 0 Å². The highest BCUT2D eigenvalue weighted by molar-refractivity contribution is 6.49. The standard InChI is InChI=1S/C8H16Cl2OSi/c1-6(2)5-7(8(9)10)11-12(3)4/h5,7-8,12H,1-4H3. The van der Waals surface area contributed by atoms with E-state index >= 15 is 0 Å². The minimum Gasteiger partial charge on any atom is -0.412 e. The summed E-state index contributed by atoms with van der Waals surface area (Å²) in [5.74, 6) is 0. The van der Waals surface area contributed by atoms with E-state index in [0.717, 1.165) is 0 Å². The highest BCUT2D eigenvalue weighted by Gasteiger charge is 2.15. The second-order valence-electron chi connectivity index (χ2n) is 3.23. The lowest BCUT2D eigenvalue weighted by molar-refractivity contribution is 0.268. The maximum atomic E-state index is 5.75. The van der Waals surface area contributed by atoms with Gasteiger partial charge in [0.2, 0.25) is 0 Å². The Morgan fingerprint density at radius 1 is 1.33 bits per heavy atom. The summed E-state index contributed by atoms with van der Waals surface area (Å²) in [6.45, 7) is 8.22. The van der Waals surface area contributed by atoms with E-state index in [4.69, 9.17) is 27.6 Å². The van der Waals surface area contributed by atoms with Crippen LogP contribution in [-0.2, 0) is 4.43 Å². The lowest BCUT2D eigenvalue weighted by Crippen LogP contribution is -2.24. The van der Waals surface area contributed by atoms with E-state index in [1.54, 1.807) is 0 Å². The van der Waals surface area contributed by atoms with Crippen LogP contribution in [0.25, 0.3) is 0 Å². The molecule has 0 aromatic carbocycles. The molecule has 12 heavy (non-hydrogen) atoms. The summed E-state index contributed by atoms with van der Waals surface area (Å²) in [6, 6.07) is 0. The molecule has 1 atom stereocenters. The van der Waals surface area contributed by atoms with Crippen LogP contribution in [0.3, 0.4) is 0 Å². The van der Waals surface area contributed by atoms with Crippen LogP contribution < -0.4 is 0 Å². The van der Waals surface area contributed by atoms with Crippen molar-refractivity contribution in [3.05, 3.63) is 11.6 Å². The molecule has 0 fully saturated rings. The van der Waals surface area contributed by atoms with Crippen molar-refractivity contribution in [2.45, 2.75) is 37.9 Å². The van der Waals surface area contributed by atoms with Gasteiger partial charge in [-0.2, -0.15) is 0 Å². The molecule has 0 heterocycles. The SMILES string of the molecule is CC(C)=CC(O[SiH](C)C)C(Cl)Cl. The molecule has 0 aliphatic heterocycles. The van der Waals surface area contributed by atoms with Gasteiger partial charge in [0.15, 0.2) is 9.04 Å². The molecular formula is C8H16Cl2OSi. The van der Waals surface area contributed by atoms with Crippen molar-refractivity contribution in [2.24, 2.45) is 0 Å². The zero-order valence-electron chi connectivity index (χ0n) is 7.97. The quantitative estimate of drug-likeness (QED) is 0.407. The van der Waals surface area contributed by atoms with Crippen molar-refractivity contribution in [3.8, 4) is 0 Å². The maximum Gasteiger partial charge on any atom is 0.171 e. The predicted octanol–water partition coefficient (Wildman–Crippen LogP) is 3.12. The van der Waals surface area contributed by atoms with E-state index in [0.29, 0.717) is 0 Å². The van der Waals surface area contributed by atoms with Crippen molar-refractivity contribution in [2.75, 3.05) is 0 Å². The summed E-state index contributed by atoms with van der Waals surface area (Å²) in [5.41, 5.74) is 1.18. The molecule has 1 unspecified atom stereocenters. The summed E-state index contributed by atoms with van der Waals surface area (Å²) in [6.07, 6.45) is 1.84. The van der Waals surface area contributed by atoms with Crippen LogP contribution in [0, 0.1) is 0 Å². The highest BCUT2D eigenvalue weighted by Crippen LogP contribution is 2.15. The van der Waals surface area contributed by atoms with Crippen molar-refractivity contribution in [1.29, 1.82) is 0 Å². The first-order valence-corrected chi connectivity index (χ1v) is 7.67. The van der Waals surface area contributed by atoms with Gasteiger partial charge in [-0.15, -0.1) is 23.2 Å². The summed E-state index contributed by atoms with van der Waals surface area (Å²) < 4.78 is 5.62. The summed E-state index contributed by atoms with van der Waals surface area (Å²) in [5, 5.41) is 0. The highest BCUT2D eigenvalue weighted by atomic mass is 35.5. The zero-order valence-corrected chi connectivity index (χ0v) is 10.6. The van der Waals surface area contributed by atoms with Gasteiger partial charge in [0, 0.05) is 0 Å². The smallest absolute Gasteiger partial charge is 0.171 e. The van der Waals surface area contributed by atoms with Gasteiger partial charge in [0.25, 0.3) is 0 Å². The number of hydrogen-bond acceptors (Lipinski definition) is 1. The van der Waals surface area contributed by atoms with E-state index in [1.165, 1.54) is 5.57 Å². The Labute approximate surface area is 86.4 Å². The number of allylic oxidation sites excluding steroid dienone is 1. The molecule has 0 aliphatic carbocycles. The van der Waals surface area contributed by atoms with Crippen molar-refractivity contribution < 1.29 is 4.43 Å². The third-order valence-corrected chi connectivity index (χ3v) is 2.53. The third-order valence-electron chi connectivity index (χ3n) is 1.18. The fourth-order valence-corrected chi connectivity index (χ4v) is 2.14. The second-order valence-corrected chi connectivity index (χ2v) is 6.76. The van der Waals surface area contributed by atoms with Crippen LogP contribution >= 0.6 is 23.2 Å². The number of halogens is 2. The Kier molecular flexibility index (Phi) is 6.28. The van der Waals surface area contributed by atoms with Crippen molar-refractivity contribution in [1.82, 2.24) is 0 Å². The normalized spacial score (nSPS) is 13.7. The molecule has 0 saturated carbocycles. The molecule has 0 N–H and O–H groups in total. The average molecular weight is 227 g/mol. The Balaban J connectivity index is 4.15. The molecule has 0 saturated heterocycles. The Morgan fingerprint density at radius 2 is 1.83 bits per heavy atom. The van der Waals surface area contributed by atoms with Gasteiger partial charge < -0.3 is 4.43 Å². The molecule has 0 rings (SSSR count). The molecule has 0 aromatic heterocycles. The number of hydrogen-bond donors (Lipinski definition) is 0. The first-order chi connectivity index (χ1) is 5.43. The monoisotopic (exact) mass is 226 g/mol. The van der Waals surface area contributed by atoms with Crippen LogP contribution in [-0.4, -0.2) is 20.0 Å². The van der Waals surface area contributed by atoms with Gasteiger partial charge in [-0.3, -0.25) is 0 Å². The Hall–Kier alpha value is 0.497. The lowest BCUT2D eigenvalue weighted by atomic mass is 10.2. The molecule has 72 valence electrons. The Morgan fingerprint density at radius 3 is 2.08 bits per heavy atom. The fraction of sp³-hybridized carbons (Fsp3) is 0.750. The van der Waals surface area contributed by atoms with Crippen molar-refractivity contribution >= 4 is 32.2 Å². The molecule has 0 amide bonds. The van der Waals surface area contributed by atoms with Crippen LogP contribution in [0.2, 0.25) is 13.1 Å². The minimum absolute atomic E-state index is 0.134. The first-order valence-electron chi connectivity index (χ1n) is 4.02. The molecule has 1 nitrogen and oxygen atoms in total. The van der Waals surface area contributed by atoms with Crippen LogP contribution in [0.1, 0.15) is 13.8 Å². The van der Waals surface area contributed by atoms with E-state index in [2.05, 4.69) is 13.1 Å². The van der Waals surface area contributed by atoms with Crippen LogP contribution in [0.15, 0.2) is 11.6 Å². The van der Waals surface area contributed by atoms with Gasteiger partial charge in [0.1, 0.15) is 4.84 Å². The topological polar surface area (TPSA) is 9.23 Å². The van der Waals surface area contributed by atoms with Crippen LogP contribution in [0.4, 0.5) is 0 Å². The molecule has 0 bridgehead atoms. The summed E-state index contributed by atoms with van der Waals surface area (Å²) in [4.78, 5) is -0.463. The van der Waals surface area contributed by atoms with Crippen molar-refractivity contribution in [3.63, 3.8) is 0 Å². The third kappa shape index (κ3) is 6.06. The molecule has 0 aliphatic rings. The lowest BCUT2D eigenvalue weighted by Gasteiger charge is -2.18. The first kappa shape index (κ1) is 12.5. The predicted molar refractivity (Wildman–Crippen MR) is 58.7 cm³/mol. The molecule has 4 heteroatoms. The Bertz CT molecular complexity index is 153. The maximum absolute atomic E-state index is 5.75. The molecule has 0 spiro atoms. The summed E-state index contributed by atoms with van der Waals surface area (Å²) in [7, 11) is -1.06. The van der Waals surface area contributed by atoms with E-state index in [1.807, 2.05) is 19.9 Å². The molecular weight excluding hydrogens is 211 g/mol. The van der Waals surface area contributed by atoms with Gasteiger partial charge in [-0.1, -0.05) is 11.6 Å². The zero-order chi connectivity index (χ0) is 9.72. The summed E-state index contributed by atoms with van der Waals surface area (Å²) >= 11 is 11.5. The van der Waals surface area contributed by atoms with Gasteiger partial charge in [-0.05, 0) is 26.9 Å². The van der Waals surface area contributed by atoms with Crippen LogP contribution in [0.5, 0.6) is 0 Å². The second kappa shape index (κ2) is 6.03. The number of alkyl halides is 2. The van der Waals surface area contributed by atoms with E-state index in [9.17, 15) is 0 Å². The fourth-order valence-electron chi connectivity index (χ4n) is 0.814. The number of rotatable bonds is 4. The largest absolute Gasteiger partial charge is 0.412 e. The van der Waals surface area contributed by atoms with Gasteiger partial charge in [-0.25, -0.2) is 0 Å². The minimum atomic E-state index is -1.06. The van der Waals surface area contributed by atoms with E-state index in [-0.39, 0.29) is 6.10 Å². The average Bonchev–Trinajstić information content (AvgIpc) is 1.83. The molecule has 0 aromatic rings. The van der Waals surface area contributed by atoms with E-state index < -0.39 is 13.9 Å². The van der Waals surface area contributed by atoms with Gasteiger partial charge in [0.05, 0.1) is 6.10 Å². The molecule has 0 radical (unpaired) electrons.